The number of hydrogen-bond acceptors (Lipinski definition) is 5. The Hall–Kier alpha value is -2.70. The number of carbonyl (C=O) groups excluding carboxylic acids is 1. The number of carboxylic acid groups (broad SMARTS) is 1. The molecule has 1 heterocycles. The van der Waals surface area contributed by atoms with Crippen molar-refractivity contribution in [1.29, 1.82) is 0 Å². The zero-order chi connectivity index (χ0) is 19.3. The molecule has 0 aliphatic heterocycles. The number of hydrogen-bond donors (Lipinski definition) is 2. The van der Waals surface area contributed by atoms with E-state index in [0.717, 1.165) is 12.8 Å². The van der Waals surface area contributed by atoms with E-state index >= 15 is 0 Å². The predicted octanol–water partition coefficient (Wildman–Crippen LogP) is 3.41. The average Bonchev–Trinajstić information content (AvgIpc) is 3.08. The Morgan fingerprint density at radius 2 is 1.96 bits per heavy atom. The van der Waals surface area contributed by atoms with Crippen molar-refractivity contribution in [3.05, 3.63) is 35.7 Å². The van der Waals surface area contributed by atoms with Crippen molar-refractivity contribution in [2.45, 2.75) is 58.4 Å². The first-order valence-electron chi connectivity index (χ1n) is 8.71. The topological polar surface area (TPSA) is 105 Å². The quantitative estimate of drug-likeness (QED) is 0.785. The maximum Gasteiger partial charge on any atom is 0.326 e. The van der Waals surface area contributed by atoms with Gasteiger partial charge in [0, 0.05) is 5.41 Å². The maximum atomic E-state index is 12.7. The van der Waals surface area contributed by atoms with E-state index in [4.69, 9.17) is 4.52 Å². The van der Waals surface area contributed by atoms with Gasteiger partial charge in [0.25, 0.3) is 11.8 Å². The van der Waals surface area contributed by atoms with Crippen molar-refractivity contribution in [2.75, 3.05) is 0 Å². The molecule has 2 aromatic rings. The Labute approximate surface area is 152 Å². The molecular weight excluding hydrogens is 334 g/mol. The number of carboxylic acids is 1. The van der Waals surface area contributed by atoms with Gasteiger partial charge < -0.3 is 14.9 Å². The summed E-state index contributed by atoms with van der Waals surface area (Å²) in [6.07, 6.45) is 1.96. The lowest BCUT2D eigenvalue weighted by molar-refractivity contribution is -0.139. The van der Waals surface area contributed by atoms with Gasteiger partial charge in [-0.25, -0.2) is 4.79 Å². The molecule has 2 N–H and O–H groups in total. The molecule has 0 bridgehead atoms. The molecule has 1 aromatic heterocycles. The molecule has 0 saturated heterocycles. The SMILES string of the molecule is CCCCC(NC(=O)c1ccccc1-c1nc(C(C)(C)C)no1)C(=O)O. The van der Waals surface area contributed by atoms with Gasteiger partial charge in [0.2, 0.25) is 0 Å². The van der Waals surface area contributed by atoms with Crippen LogP contribution in [-0.4, -0.2) is 33.2 Å². The lowest BCUT2D eigenvalue weighted by Gasteiger charge is -2.15. The fourth-order valence-corrected chi connectivity index (χ4v) is 2.41. The van der Waals surface area contributed by atoms with E-state index in [-0.39, 0.29) is 11.3 Å². The number of aliphatic carboxylic acids is 1. The summed E-state index contributed by atoms with van der Waals surface area (Å²) in [6.45, 7) is 7.86. The number of amides is 1. The number of aromatic nitrogens is 2. The minimum atomic E-state index is -1.04. The van der Waals surface area contributed by atoms with Crippen molar-refractivity contribution < 1.29 is 19.2 Å². The normalized spacial score (nSPS) is 12.6. The van der Waals surface area contributed by atoms with E-state index in [1.165, 1.54) is 0 Å². The number of nitrogens with zero attached hydrogens (tertiary/aromatic N) is 2. The third-order valence-corrected chi connectivity index (χ3v) is 3.95. The van der Waals surface area contributed by atoms with Crippen LogP contribution in [0.25, 0.3) is 11.5 Å². The summed E-state index contributed by atoms with van der Waals surface area (Å²) < 4.78 is 5.33. The highest BCUT2D eigenvalue weighted by Gasteiger charge is 2.25. The van der Waals surface area contributed by atoms with Crippen LogP contribution in [-0.2, 0) is 10.2 Å². The second kappa shape index (κ2) is 8.12. The van der Waals surface area contributed by atoms with Crippen molar-refractivity contribution in [1.82, 2.24) is 15.5 Å². The van der Waals surface area contributed by atoms with E-state index in [2.05, 4.69) is 15.5 Å². The van der Waals surface area contributed by atoms with Crippen molar-refractivity contribution in [3.8, 4) is 11.5 Å². The van der Waals surface area contributed by atoms with Gasteiger partial charge in [-0.3, -0.25) is 4.79 Å². The average molecular weight is 359 g/mol. The number of unbranched alkanes of at least 4 members (excludes halogenated alkanes) is 1. The summed E-state index contributed by atoms with van der Waals surface area (Å²) in [6, 6.07) is 5.87. The van der Waals surface area contributed by atoms with Crippen LogP contribution in [0.15, 0.2) is 28.8 Å². The van der Waals surface area contributed by atoms with Crippen LogP contribution in [0.5, 0.6) is 0 Å². The standard InChI is InChI=1S/C19H25N3O4/c1-5-6-11-14(17(24)25)20-15(23)12-9-7-8-10-13(12)16-21-18(22-26-16)19(2,3)4/h7-10,14H,5-6,11H2,1-4H3,(H,20,23)(H,24,25). The summed E-state index contributed by atoms with van der Waals surface area (Å²) in [4.78, 5) is 28.4. The maximum absolute atomic E-state index is 12.7. The molecule has 7 heteroatoms. The minimum absolute atomic E-state index is 0.237. The van der Waals surface area contributed by atoms with E-state index < -0.39 is 17.9 Å². The van der Waals surface area contributed by atoms with Gasteiger partial charge in [-0.15, -0.1) is 0 Å². The second-order valence-electron chi connectivity index (χ2n) is 7.23. The number of benzene rings is 1. The summed E-state index contributed by atoms with van der Waals surface area (Å²) in [5.41, 5.74) is 0.500. The molecule has 0 fully saturated rings. The lowest BCUT2D eigenvalue weighted by Crippen LogP contribution is -2.40. The summed E-state index contributed by atoms with van der Waals surface area (Å²) in [5.74, 6) is -0.744. The molecule has 0 aliphatic rings. The molecule has 0 saturated carbocycles. The Bertz CT molecular complexity index is 777. The summed E-state index contributed by atoms with van der Waals surface area (Å²) in [5, 5.41) is 15.9. The summed E-state index contributed by atoms with van der Waals surface area (Å²) >= 11 is 0. The fourth-order valence-electron chi connectivity index (χ4n) is 2.41. The molecule has 7 nitrogen and oxygen atoms in total. The second-order valence-corrected chi connectivity index (χ2v) is 7.23. The first-order valence-corrected chi connectivity index (χ1v) is 8.71. The van der Waals surface area contributed by atoms with Crippen LogP contribution in [0.3, 0.4) is 0 Å². The highest BCUT2D eigenvalue weighted by molar-refractivity contribution is 6.01. The smallest absolute Gasteiger partial charge is 0.326 e. The molecular formula is C19H25N3O4. The van der Waals surface area contributed by atoms with Crippen LogP contribution in [0.1, 0.15) is 63.1 Å². The number of carbonyl (C=O) groups is 2. The van der Waals surface area contributed by atoms with Gasteiger partial charge in [-0.2, -0.15) is 4.98 Å². The van der Waals surface area contributed by atoms with E-state index in [1.807, 2.05) is 27.7 Å². The van der Waals surface area contributed by atoms with Gasteiger partial charge in [0.05, 0.1) is 11.1 Å². The predicted molar refractivity (Wildman–Crippen MR) is 96.8 cm³/mol. The third kappa shape index (κ3) is 4.68. The van der Waals surface area contributed by atoms with Gasteiger partial charge >= 0.3 is 5.97 Å². The molecule has 1 unspecified atom stereocenters. The first kappa shape index (κ1) is 19.6. The van der Waals surface area contributed by atoms with E-state index in [9.17, 15) is 14.7 Å². The van der Waals surface area contributed by atoms with Crippen LogP contribution in [0, 0.1) is 0 Å². The Kier molecular flexibility index (Phi) is 6.13. The molecule has 0 spiro atoms. The van der Waals surface area contributed by atoms with Crippen molar-refractivity contribution >= 4 is 11.9 Å². The largest absolute Gasteiger partial charge is 0.480 e. The molecule has 1 aromatic carbocycles. The molecule has 0 radical (unpaired) electrons. The Morgan fingerprint density at radius 3 is 2.54 bits per heavy atom. The minimum Gasteiger partial charge on any atom is -0.480 e. The molecule has 0 aliphatic carbocycles. The molecule has 1 atom stereocenters. The van der Waals surface area contributed by atoms with E-state index in [0.29, 0.717) is 23.4 Å². The molecule has 26 heavy (non-hydrogen) atoms. The zero-order valence-corrected chi connectivity index (χ0v) is 15.6. The molecule has 2 rings (SSSR count). The van der Waals surface area contributed by atoms with Crippen LogP contribution in [0.2, 0.25) is 0 Å². The number of nitrogens with one attached hydrogen (secondary N) is 1. The first-order chi connectivity index (χ1) is 12.2. The fraction of sp³-hybridized carbons (Fsp3) is 0.474. The van der Waals surface area contributed by atoms with Crippen LogP contribution in [0.4, 0.5) is 0 Å². The van der Waals surface area contributed by atoms with Crippen molar-refractivity contribution in [3.63, 3.8) is 0 Å². The summed E-state index contributed by atoms with van der Waals surface area (Å²) in [7, 11) is 0. The van der Waals surface area contributed by atoms with Crippen molar-refractivity contribution in [2.24, 2.45) is 0 Å². The highest BCUT2D eigenvalue weighted by atomic mass is 16.5. The zero-order valence-electron chi connectivity index (χ0n) is 15.6. The number of rotatable bonds is 7. The Balaban J connectivity index is 2.29. The van der Waals surface area contributed by atoms with E-state index in [1.54, 1.807) is 24.3 Å². The lowest BCUT2D eigenvalue weighted by atomic mass is 9.96. The third-order valence-electron chi connectivity index (χ3n) is 3.95. The van der Waals surface area contributed by atoms with Crippen LogP contribution < -0.4 is 5.32 Å². The Morgan fingerprint density at radius 1 is 1.27 bits per heavy atom. The van der Waals surface area contributed by atoms with Gasteiger partial charge in [0.1, 0.15) is 6.04 Å². The van der Waals surface area contributed by atoms with Gasteiger partial charge in [-0.05, 0) is 18.6 Å². The molecule has 140 valence electrons. The molecule has 1 amide bonds. The van der Waals surface area contributed by atoms with Gasteiger partial charge in [0.15, 0.2) is 5.82 Å². The highest BCUT2D eigenvalue weighted by Crippen LogP contribution is 2.26. The van der Waals surface area contributed by atoms with Crippen LogP contribution >= 0.6 is 0 Å². The monoisotopic (exact) mass is 359 g/mol. The van der Waals surface area contributed by atoms with Gasteiger partial charge in [-0.1, -0.05) is 57.8 Å².